The van der Waals surface area contributed by atoms with E-state index in [1.165, 1.54) is 10.4 Å². The molecule has 0 aliphatic carbocycles. The molecule has 0 N–H and O–H groups in total. The molecule has 3 aliphatic heterocycles. The first-order valence-corrected chi connectivity index (χ1v) is 26.3. The maximum Gasteiger partial charge on any atom is 0.261 e. The Hall–Kier alpha value is -1.15. The molecular weight excluding hydrogens is 659 g/mol. The van der Waals surface area contributed by atoms with Crippen LogP contribution in [0.1, 0.15) is 82.6 Å². The quantitative estimate of drug-likeness (QED) is 0.230. The van der Waals surface area contributed by atoms with E-state index in [9.17, 15) is 0 Å². The lowest BCUT2D eigenvalue weighted by Crippen LogP contribution is -2.67. The smallest absolute Gasteiger partial charge is 0.261 e. The van der Waals surface area contributed by atoms with Crippen LogP contribution in [0, 0.1) is 0 Å². The molecule has 0 spiro atoms. The number of hydrogen-bond donors (Lipinski definition) is 0. The fraction of sp³-hybridized carbons (Fsp3) is 0.700. The zero-order chi connectivity index (χ0) is 36.4. The Morgan fingerprint density at radius 1 is 0.673 bits per heavy atom. The van der Waals surface area contributed by atoms with Gasteiger partial charge in [-0.05, 0) is 71.9 Å². The molecule has 274 valence electrons. The van der Waals surface area contributed by atoms with Crippen molar-refractivity contribution in [2.24, 2.45) is 0 Å². The van der Waals surface area contributed by atoms with Gasteiger partial charge in [-0.25, -0.2) is 0 Å². The molecule has 2 aromatic rings. The van der Waals surface area contributed by atoms with E-state index < -0.39 is 30.7 Å². The lowest BCUT2D eigenvalue weighted by Gasteiger charge is -2.45. The molecule has 2 aromatic carbocycles. The van der Waals surface area contributed by atoms with Gasteiger partial charge < -0.3 is 22.8 Å². The Morgan fingerprint density at radius 2 is 1.16 bits per heavy atom. The van der Waals surface area contributed by atoms with E-state index in [2.05, 4.69) is 168 Å². The number of nitrogens with zero attached hydrogens (tertiary/aromatic N) is 1. The van der Waals surface area contributed by atoms with Gasteiger partial charge in [0.15, 0.2) is 22.4 Å². The van der Waals surface area contributed by atoms with Gasteiger partial charge in [0, 0.05) is 12.6 Å². The molecule has 3 fully saturated rings. The predicted molar refractivity (Wildman–Crippen MR) is 210 cm³/mol. The molecule has 49 heavy (non-hydrogen) atoms. The van der Waals surface area contributed by atoms with Crippen LogP contribution in [-0.4, -0.2) is 85.3 Å². The van der Waals surface area contributed by atoms with Crippen LogP contribution < -0.4 is 10.4 Å². The lowest BCUT2D eigenvalue weighted by molar-refractivity contribution is -0.171. The Bertz CT molecular complexity index is 1370. The molecule has 0 aromatic heterocycles. The number of ether oxygens (including phenoxy) is 2. The minimum Gasteiger partial charge on any atom is -0.415 e. The largest absolute Gasteiger partial charge is 0.415 e. The van der Waals surface area contributed by atoms with Crippen LogP contribution in [-0.2, 0) is 22.8 Å². The average molecular weight is 726 g/mol. The number of hydrogen-bond acceptors (Lipinski definition) is 6. The van der Waals surface area contributed by atoms with Crippen molar-refractivity contribution in [3.8, 4) is 0 Å². The van der Waals surface area contributed by atoms with Crippen molar-refractivity contribution in [3.05, 3.63) is 60.7 Å². The Balaban J connectivity index is 1.58. The topological polar surface area (TPSA) is 49.4 Å². The van der Waals surface area contributed by atoms with Gasteiger partial charge >= 0.3 is 0 Å². The molecule has 6 atom stereocenters. The van der Waals surface area contributed by atoms with Crippen LogP contribution in [0.15, 0.2) is 60.7 Å². The summed E-state index contributed by atoms with van der Waals surface area (Å²) in [5.74, 6) is -0.672. The standard InChI is InChI=1S/C40H67NO5Si3/c1-37(2,3)47(12,13)42-27-29-26-33(46-48(14,15)38(4,5)6)34-36-35(44-40(10,11)45-36)32(41(29)34)28-43-49(39(7,8)9,30-22-18-16-19-23-30)31-24-20-17-21-25-31/h16-25,29,32-36H,26-28H2,1-15H3/t29-,32+,33-,34+,35+,36-/m0/s1. The van der Waals surface area contributed by atoms with Crippen molar-refractivity contribution in [2.45, 2.75) is 166 Å². The molecule has 0 radical (unpaired) electrons. The predicted octanol–water partition coefficient (Wildman–Crippen LogP) is 8.32. The summed E-state index contributed by atoms with van der Waals surface area (Å²) >= 11 is 0. The second-order valence-corrected chi connectivity index (χ2v) is 33.3. The van der Waals surface area contributed by atoms with Crippen LogP contribution in [0.3, 0.4) is 0 Å². The van der Waals surface area contributed by atoms with E-state index in [4.69, 9.17) is 22.8 Å². The van der Waals surface area contributed by atoms with Gasteiger partial charge in [-0.2, -0.15) is 0 Å². The van der Waals surface area contributed by atoms with Crippen LogP contribution in [0.25, 0.3) is 0 Å². The Morgan fingerprint density at radius 3 is 1.63 bits per heavy atom. The minimum absolute atomic E-state index is 0.000504. The van der Waals surface area contributed by atoms with Crippen molar-refractivity contribution in [2.75, 3.05) is 13.2 Å². The summed E-state index contributed by atoms with van der Waals surface area (Å²) < 4.78 is 35.8. The molecular formula is C40H67NO5Si3. The molecule has 6 nitrogen and oxygen atoms in total. The van der Waals surface area contributed by atoms with Crippen molar-refractivity contribution in [3.63, 3.8) is 0 Å². The van der Waals surface area contributed by atoms with Crippen LogP contribution in [0.5, 0.6) is 0 Å². The molecule has 0 unspecified atom stereocenters. The number of fused-ring (bicyclic) bond motifs is 3. The lowest BCUT2D eigenvalue weighted by atomic mass is 10.0. The van der Waals surface area contributed by atoms with E-state index >= 15 is 0 Å². The minimum atomic E-state index is -2.79. The molecule has 3 aliphatic rings. The van der Waals surface area contributed by atoms with Crippen molar-refractivity contribution >= 4 is 35.3 Å². The van der Waals surface area contributed by atoms with Crippen molar-refractivity contribution in [1.29, 1.82) is 0 Å². The first-order valence-electron chi connectivity index (χ1n) is 18.6. The van der Waals surface area contributed by atoms with Crippen molar-refractivity contribution < 1.29 is 22.8 Å². The first kappa shape index (κ1) is 39.1. The van der Waals surface area contributed by atoms with Gasteiger partial charge in [-0.15, -0.1) is 0 Å². The summed E-state index contributed by atoms with van der Waals surface area (Å²) in [6.45, 7) is 35.9. The molecule has 0 amide bonds. The normalized spacial score (nSPS) is 28.1. The third-order valence-corrected chi connectivity index (χ3v) is 26.5. The number of rotatable bonds is 10. The highest BCUT2D eigenvalue weighted by molar-refractivity contribution is 6.99. The van der Waals surface area contributed by atoms with Gasteiger partial charge in [0.25, 0.3) is 8.32 Å². The van der Waals surface area contributed by atoms with E-state index in [1.54, 1.807) is 0 Å². The van der Waals surface area contributed by atoms with Crippen LogP contribution in [0.4, 0.5) is 0 Å². The number of benzene rings is 2. The molecule has 3 heterocycles. The Kier molecular flexibility index (Phi) is 10.7. The maximum atomic E-state index is 7.67. The van der Waals surface area contributed by atoms with Crippen LogP contribution >= 0.6 is 0 Å². The second-order valence-electron chi connectivity index (χ2n) is 19.4. The molecule has 0 saturated carbocycles. The monoisotopic (exact) mass is 725 g/mol. The third-order valence-electron chi connectivity index (χ3n) is 12.5. The molecule has 5 rings (SSSR count). The highest BCUT2D eigenvalue weighted by Gasteiger charge is 2.65. The van der Waals surface area contributed by atoms with Gasteiger partial charge in [-0.1, -0.05) is 123 Å². The van der Waals surface area contributed by atoms with Crippen LogP contribution in [0.2, 0.25) is 41.3 Å². The van der Waals surface area contributed by atoms with Gasteiger partial charge in [0.2, 0.25) is 0 Å². The summed E-state index contributed by atoms with van der Waals surface area (Å²) in [5.41, 5.74) is 0. The highest BCUT2D eigenvalue weighted by atomic mass is 28.4. The molecule has 3 saturated heterocycles. The summed E-state index contributed by atoms with van der Waals surface area (Å²) in [6.07, 6.45) is 0.737. The molecule has 9 heteroatoms. The highest BCUT2D eigenvalue weighted by Crippen LogP contribution is 2.50. The Labute approximate surface area is 302 Å². The SMILES string of the molecule is CC1(C)O[C@@H]2[C@H](O1)[C@@H](CO[Si](c1ccccc1)(c1ccccc1)C(C)(C)C)N1[C@H](CO[Si](C)(C)C(C)(C)C)C[C@H](O[Si](C)(C)C(C)(C)C)[C@H]21. The van der Waals surface area contributed by atoms with Gasteiger partial charge in [0.05, 0.1) is 24.8 Å². The van der Waals surface area contributed by atoms with Gasteiger partial charge in [-0.3, -0.25) is 4.90 Å². The van der Waals surface area contributed by atoms with Crippen molar-refractivity contribution in [1.82, 2.24) is 4.90 Å². The summed E-state index contributed by atoms with van der Waals surface area (Å²) in [7, 11) is -6.87. The summed E-state index contributed by atoms with van der Waals surface area (Å²) in [6, 6.07) is 22.2. The van der Waals surface area contributed by atoms with E-state index in [0.29, 0.717) is 13.2 Å². The van der Waals surface area contributed by atoms with Gasteiger partial charge in [0.1, 0.15) is 12.2 Å². The van der Waals surface area contributed by atoms with E-state index in [-0.39, 0.29) is 51.6 Å². The maximum absolute atomic E-state index is 7.67. The summed E-state index contributed by atoms with van der Waals surface area (Å²) in [5, 5.41) is 2.70. The van der Waals surface area contributed by atoms with E-state index in [1.807, 2.05) is 0 Å². The zero-order valence-corrected chi connectivity index (χ0v) is 36.3. The first-order chi connectivity index (χ1) is 22.4. The molecule has 0 bridgehead atoms. The average Bonchev–Trinajstić information content (AvgIpc) is 3.57. The fourth-order valence-electron chi connectivity index (χ4n) is 7.89. The zero-order valence-electron chi connectivity index (χ0n) is 33.3. The fourth-order valence-corrected chi connectivity index (χ4v) is 14.9. The third kappa shape index (κ3) is 7.40. The second kappa shape index (κ2) is 13.4. The summed E-state index contributed by atoms with van der Waals surface area (Å²) in [4.78, 5) is 2.69. The van der Waals surface area contributed by atoms with E-state index in [0.717, 1.165) is 6.42 Å².